The summed E-state index contributed by atoms with van der Waals surface area (Å²) >= 11 is 0. The molecule has 1 saturated carbocycles. The van der Waals surface area contributed by atoms with Crippen LogP contribution in [0.4, 0.5) is 0 Å². The Kier molecular flexibility index (Phi) is 4.55. The van der Waals surface area contributed by atoms with Crippen molar-refractivity contribution in [3.63, 3.8) is 0 Å². The van der Waals surface area contributed by atoms with Crippen LogP contribution in [0.5, 0.6) is 0 Å². The molecule has 0 aromatic rings. The lowest BCUT2D eigenvalue weighted by Crippen LogP contribution is -2.53. The molecule has 0 heterocycles. The summed E-state index contributed by atoms with van der Waals surface area (Å²) in [5.74, 6) is -0.765. The van der Waals surface area contributed by atoms with Gasteiger partial charge in [0.15, 0.2) is 0 Å². The third kappa shape index (κ3) is 3.96. The third-order valence-corrected chi connectivity index (χ3v) is 4.66. The number of sulfonamides is 1. The van der Waals surface area contributed by atoms with E-state index in [-0.39, 0.29) is 11.7 Å². The fraction of sp³-hybridized carbons (Fsp3) is 0.909. The highest BCUT2D eigenvalue weighted by atomic mass is 32.2. The lowest BCUT2D eigenvalue weighted by Gasteiger charge is -2.25. The molecule has 0 aromatic carbocycles. The van der Waals surface area contributed by atoms with E-state index in [4.69, 9.17) is 0 Å². The van der Waals surface area contributed by atoms with Crippen LogP contribution in [0.2, 0.25) is 0 Å². The topological polar surface area (TPSA) is 83.5 Å². The van der Waals surface area contributed by atoms with Gasteiger partial charge in [-0.25, -0.2) is 8.42 Å². The first-order valence-corrected chi connectivity index (χ1v) is 7.68. The van der Waals surface area contributed by atoms with Gasteiger partial charge in [0.05, 0.1) is 5.75 Å². The Hall–Kier alpha value is -0.620. The summed E-state index contributed by atoms with van der Waals surface area (Å²) in [5, 5.41) is 9.18. The van der Waals surface area contributed by atoms with E-state index in [1.807, 2.05) is 13.8 Å². The summed E-state index contributed by atoms with van der Waals surface area (Å²) in [6, 6.07) is 0. The Morgan fingerprint density at radius 2 is 1.88 bits per heavy atom. The van der Waals surface area contributed by atoms with Gasteiger partial charge < -0.3 is 5.11 Å². The van der Waals surface area contributed by atoms with Crippen LogP contribution in [0.15, 0.2) is 0 Å². The van der Waals surface area contributed by atoms with Crippen LogP contribution in [0.1, 0.15) is 46.0 Å². The number of rotatable bonds is 6. The highest BCUT2D eigenvalue weighted by Crippen LogP contribution is 2.30. The van der Waals surface area contributed by atoms with Crippen LogP contribution in [0.3, 0.4) is 0 Å². The van der Waals surface area contributed by atoms with E-state index in [1.54, 1.807) is 0 Å². The smallest absolute Gasteiger partial charge is 0.324 e. The third-order valence-electron chi connectivity index (χ3n) is 3.18. The minimum absolute atomic E-state index is 0.000301. The molecule has 0 aliphatic heterocycles. The second-order valence-corrected chi connectivity index (χ2v) is 7.04. The Morgan fingerprint density at radius 3 is 2.29 bits per heavy atom. The van der Waals surface area contributed by atoms with Crippen molar-refractivity contribution in [2.75, 3.05) is 5.75 Å². The van der Waals surface area contributed by atoms with Crippen molar-refractivity contribution in [3.8, 4) is 0 Å². The van der Waals surface area contributed by atoms with E-state index in [1.165, 1.54) is 0 Å². The maximum absolute atomic E-state index is 11.8. The summed E-state index contributed by atoms with van der Waals surface area (Å²) in [6.07, 6.45) is 2.86. The molecule has 1 rings (SSSR count). The number of aliphatic carboxylic acids is 1. The van der Waals surface area contributed by atoms with E-state index < -0.39 is 21.5 Å². The van der Waals surface area contributed by atoms with E-state index in [0.717, 1.165) is 12.8 Å². The summed E-state index contributed by atoms with van der Waals surface area (Å²) in [4.78, 5) is 11.2. The van der Waals surface area contributed by atoms with Crippen LogP contribution in [0.25, 0.3) is 0 Å². The van der Waals surface area contributed by atoms with Crippen LogP contribution >= 0.6 is 0 Å². The van der Waals surface area contributed by atoms with Crippen LogP contribution in [0, 0.1) is 5.92 Å². The van der Waals surface area contributed by atoms with Gasteiger partial charge in [-0.1, -0.05) is 26.7 Å². The minimum atomic E-state index is -3.49. The number of hydrogen-bond donors (Lipinski definition) is 2. The van der Waals surface area contributed by atoms with E-state index >= 15 is 0 Å². The highest BCUT2D eigenvalue weighted by Gasteiger charge is 2.44. The number of carboxylic acid groups (broad SMARTS) is 1. The molecule has 0 aromatic heterocycles. The zero-order valence-corrected chi connectivity index (χ0v) is 11.2. The summed E-state index contributed by atoms with van der Waals surface area (Å²) in [5.41, 5.74) is -1.25. The molecule has 0 bridgehead atoms. The molecule has 0 saturated heterocycles. The van der Waals surface area contributed by atoms with Crippen LogP contribution < -0.4 is 4.72 Å². The van der Waals surface area contributed by atoms with Gasteiger partial charge in [-0.2, -0.15) is 4.72 Å². The Bertz CT molecular complexity index is 369. The van der Waals surface area contributed by atoms with E-state index in [0.29, 0.717) is 19.3 Å². The van der Waals surface area contributed by atoms with Crippen molar-refractivity contribution < 1.29 is 18.3 Å². The monoisotopic (exact) mass is 263 g/mol. The number of carboxylic acids is 1. The van der Waals surface area contributed by atoms with E-state index in [2.05, 4.69) is 4.72 Å². The second kappa shape index (κ2) is 5.35. The molecule has 17 heavy (non-hydrogen) atoms. The molecule has 0 spiro atoms. The second-order valence-electron chi connectivity index (χ2n) is 5.20. The Balaban J connectivity index is 2.70. The fourth-order valence-corrected chi connectivity index (χ4v) is 3.85. The van der Waals surface area contributed by atoms with Gasteiger partial charge in [0.1, 0.15) is 5.54 Å². The predicted octanol–water partition coefficient (Wildman–Crippen LogP) is 1.35. The molecule has 1 aliphatic rings. The van der Waals surface area contributed by atoms with Gasteiger partial charge >= 0.3 is 5.97 Å². The first kappa shape index (κ1) is 14.4. The SMILES string of the molecule is CC(C)CCS(=O)(=O)NC1(C(=O)O)CCCC1. The molecule has 2 N–H and O–H groups in total. The van der Waals surface area contributed by atoms with Crippen molar-refractivity contribution in [2.45, 2.75) is 51.5 Å². The highest BCUT2D eigenvalue weighted by molar-refractivity contribution is 7.89. The fourth-order valence-electron chi connectivity index (χ4n) is 2.08. The molecule has 1 fully saturated rings. The van der Waals surface area contributed by atoms with Gasteiger partial charge in [0.25, 0.3) is 0 Å². The van der Waals surface area contributed by atoms with Crippen LogP contribution in [-0.4, -0.2) is 30.8 Å². The predicted molar refractivity (Wildman–Crippen MR) is 65.2 cm³/mol. The summed E-state index contributed by atoms with van der Waals surface area (Å²) in [7, 11) is -3.49. The average Bonchev–Trinajstić information content (AvgIpc) is 2.64. The maximum atomic E-state index is 11.8. The molecule has 0 atom stereocenters. The van der Waals surface area contributed by atoms with Crippen LogP contribution in [-0.2, 0) is 14.8 Å². The van der Waals surface area contributed by atoms with Gasteiger partial charge in [-0.05, 0) is 25.2 Å². The largest absolute Gasteiger partial charge is 0.480 e. The van der Waals surface area contributed by atoms with Gasteiger partial charge in [0, 0.05) is 0 Å². The molecule has 5 nitrogen and oxygen atoms in total. The molecule has 100 valence electrons. The molecular formula is C11H21NO4S. The number of carbonyl (C=O) groups is 1. The number of hydrogen-bond acceptors (Lipinski definition) is 3. The number of nitrogens with one attached hydrogen (secondary N) is 1. The van der Waals surface area contributed by atoms with Crippen molar-refractivity contribution in [1.29, 1.82) is 0 Å². The lowest BCUT2D eigenvalue weighted by molar-refractivity contribution is -0.143. The van der Waals surface area contributed by atoms with Crippen molar-refractivity contribution >= 4 is 16.0 Å². The molecule has 0 amide bonds. The molecular weight excluding hydrogens is 242 g/mol. The zero-order chi connectivity index (χ0) is 13.1. The van der Waals surface area contributed by atoms with Crippen molar-refractivity contribution in [2.24, 2.45) is 5.92 Å². The molecule has 0 radical (unpaired) electrons. The average molecular weight is 263 g/mol. The minimum Gasteiger partial charge on any atom is -0.480 e. The maximum Gasteiger partial charge on any atom is 0.324 e. The zero-order valence-electron chi connectivity index (χ0n) is 10.4. The summed E-state index contributed by atoms with van der Waals surface area (Å²) < 4.78 is 26.0. The van der Waals surface area contributed by atoms with Gasteiger partial charge in [0.2, 0.25) is 10.0 Å². The normalized spacial score (nSPS) is 19.7. The Morgan fingerprint density at radius 1 is 1.35 bits per heavy atom. The lowest BCUT2D eigenvalue weighted by atomic mass is 10.0. The molecule has 1 aliphatic carbocycles. The van der Waals surface area contributed by atoms with E-state index in [9.17, 15) is 18.3 Å². The van der Waals surface area contributed by atoms with Crippen molar-refractivity contribution in [3.05, 3.63) is 0 Å². The first-order valence-electron chi connectivity index (χ1n) is 6.02. The molecule has 6 heteroatoms. The van der Waals surface area contributed by atoms with Gasteiger partial charge in [-0.15, -0.1) is 0 Å². The first-order chi connectivity index (χ1) is 7.77. The van der Waals surface area contributed by atoms with Crippen molar-refractivity contribution in [1.82, 2.24) is 4.72 Å². The standard InChI is InChI=1S/C11H21NO4S/c1-9(2)5-8-17(15,16)12-11(10(13)14)6-3-4-7-11/h9,12H,3-8H2,1-2H3,(H,13,14). The van der Waals surface area contributed by atoms with Gasteiger partial charge in [-0.3, -0.25) is 4.79 Å². The summed E-state index contributed by atoms with van der Waals surface area (Å²) in [6.45, 7) is 3.89. The quantitative estimate of drug-likeness (QED) is 0.757. The Labute approximate surface area is 103 Å². The molecule has 0 unspecified atom stereocenters.